The highest BCUT2D eigenvalue weighted by molar-refractivity contribution is 9.10. The van der Waals surface area contributed by atoms with Crippen molar-refractivity contribution in [3.8, 4) is 0 Å². The number of aliphatic hydroxyl groups is 1. The standard InChI is InChI=1S/C12H19BrN2O/c1-9(2)15(5-6-16)11-4-3-10(8-14)12(13)7-11/h3-4,7,9,16H,5-6,8,14H2,1-2H3. The first-order chi connectivity index (χ1) is 7.60. The summed E-state index contributed by atoms with van der Waals surface area (Å²) in [4.78, 5) is 2.16. The molecule has 0 saturated carbocycles. The number of hydrogen-bond acceptors (Lipinski definition) is 3. The van der Waals surface area contributed by atoms with E-state index in [-0.39, 0.29) is 6.61 Å². The van der Waals surface area contributed by atoms with Crippen molar-refractivity contribution < 1.29 is 5.11 Å². The smallest absolute Gasteiger partial charge is 0.0606 e. The van der Waals surface area contributed by atoms with Crippen LogP contribution in [0.2, 0.25) is 0 Å². The Morgan fingerprint density at radius 2 is 2.12 bits per heavy atom. The Morgan fingerprint density at radius 3 is 2.56 bits per heavy atom. The van der Waals surface area contributed by atoms with Gasteiger partial charge in [-0.1, -0.05) is 22.0 Å². The van der Waals surface area contributed by atoms with Gasteiger partial charge in [0.25, 0.3) is 0 Å². The molecule has 16 heavy (non-hydrogen) atoms. The van der Waals surface area contributed by atoms with Gasteiger partial charge < -0.3 is 15.7 Å². The minimum atomic E-state index is 0.161. The monoisotopic (exact) mass is 286 g/mol. The molecule has 0 aliphatic rings. The van der Waals surface area contributed by atoms with Gasteiger partial charge in [-0.25, -0.2) is 0 Å². The summed E-state index contributed by atoms with van der Waals surface area (Å²) in [6.45, 7) is 5.56. The van der Waals surface area contributed by atoms with Crippen LogP contribution in [0, 0.1) is 0 Å². The maximum Gasteiger partial charge on any atom is 0.0606 e. The van der Waals surface area contributed by atoms with E-state index in [1.807, 2.05) is 12.1 Å². The van der Waals surface area contributed by atoms with Crippen LogP contribution in [-0.2, 0) is 6.54 Å². The lowest BCUT2D eigenvalue weighted by Crippen LogP contribution is -2.33. The molecule has 0 heterocycles. The molecule has 0 unspecified atom stereocenters. The molecule has 1 aromatic rings. The zero-order chi connectivity index (χ0) is 12.1. The number of hydrogen-bond donors (Lipinski definition) is 2. The molecule has 0 bridgehead atoms. The molecule has 0 spiro atoms. The zero-order valence-corrected chi connectivity index (χ0v) is 11.4. The summed E-state index contributed by atoms with van der Waals surface area (Å²) in [5.74, 6) is 0. The van der Waals surface area contributed by atoms with Crippen molar-refractivity contribution in [2.75, 3.05) is 18.1 Å². The maximum atomic E-state index is 9.04. The number of anilines is 1. The van der Waals surface area contributed by atoms with Crippen LogP contribution >= 0.6 is 15.9 Å². The molecule has 1 aromatic carbocycles. The summed E-state index contributed by atoms with van der Waals surface area (Å²) in [5, 5.41) is 9.04. The molecule has 0 fully saturated rings. The van der Waals surface area contributed by atoms with Gasteiger partial charge in [0.15, 0.2) is 0 Å². The van der Waals surface area contributed by atoms with Crippen molar-refractivity contribution >= 4 is 21.6 Å². The third-order valence-corrected chi connectivity index (χ3v) is 3.29. The summed E-state index contributed by atoms with van der Waals surface area (Å²) in [6, 6.07) is 6.48. The summed E-state index contributed by atoms with van der Waals surface area (Å²) in [5.41, 5.74) is 7.81. The average molecular weight is 287 g/mol. The fourth-order valence-corrected chi connectivity index (χ4v) is 2.20. The molecular weight excluding hydrogens is 268 g/mol. The van der Waals surface area contributed by atoms with Crippen molar-refractivity contribution in [1.82, 2.24) is 0 Å². The Bertz CT molecular complexity index is 342. The number of rotatable bonds is 5. The van der Waals surface area contributed by atoms with Crippen molar-refractivity contribution in [2.45, 2.75) is 26.4 Å². The molecule has 3 N–H and O–H groups in total. The molecule has 90 valence electrons. The molecule has 0 aliphatic heterocycles. The lowest BCUT2D eigenvalue weighted by molar-refractivity contribution is 0.299. The van der Waals surface area contributed by atoms with E-state index in [2.05, 4.69) is 40.7 Å². The molecule has 0 radical (unpaired) electrons. The molecule has 4 heteroatoms. The van der Waals surface area contributed by atoms with Crippen molar-refractivity contribution in [2.24, 2.45) is 5.73 Å². The number of halogens is 1. The van der Waals surface area contributed by atoms with Crippen LogP contribution < -0.4 is 10.6 Å². The lowest BCUT2D eigenvalue weighted by Gasteiger charge is -2.28. The number of benzene rings is 1. The number of aliphatic hydroxyl groups excluding tert-OH is 1. The molecule has 0 aliphatic carbocycles. The number of nitrogens with two attached hydrogens (primary N) is 1. The van der Waals surface area contributed by atoms with Gasteiger partial charge >= 0.3 is 0 Å². The van der Waals surface area contributed by atoms with Gasteiger partial charge in [-0.2, -0.15) is 0 Å². The zero-order valence-electron chi connectivity index (χ0n) is 9.78. The van der Waals surface area contributed by atoms with E-state index in [9.17, 15) is 0 Å². The highest BCUT2D eigenvalue weighted by Crippen LogP contribution is 2.25. The largest absolute Gasteiger partial charge is 0.395 e. The second kappa shape index (κ2) is 6.23. The van der Waals surface area contributed by atoms with E-state index in [1.54, 1.807) is 0 Å². The summed E-state index contributed by atoms with van der Waals surface area (Å²) < 4.78 is 1.02. The fourth-order valence-electron chi connectivity index (χ4n) is 1.67. The minimum Gasteiger partial charge on any atom is -0.395 e. The van der Waals surface area contributed by atoms with Gasteiger partial charge in [0.05, 0.1) is 6.61 Å². The van der Waals surface area contributed by atoms with Crippen LogP contribution in [0.3, 0.4) is 0 Å². The predicted molar refractivity (Wildman–Crippen MR) is 71.6 cm³/mol. The van der Waals surface area contributed by atoms with Crippen LogP contribution in [0.15, 0.2) is 22.7 Å². The van der Waals surface area contributed by atoms with E-state index in [1.165, 1.54) is 0 Å². The molecule has 1 rings (SSSR count). The first-order valence-electron chi connectivity index (χ1n) is 5.46. The second-order valence-corrected chi connectivity index (χ2v) is 4.84. The Kier molecular flexibility index (Phi) is 5.25. The number of nitrogens with zero attached hydrogens (tertiary/aromatic N) is 1. The van der Waals surface area contributed by atoms with Crippen LogP contribution in [0.4, 0.5) is 5.69 Å². The SMILES string of the molecule is CC(C)N(CCO)c1ccc(CN)c(Br)c1. The fraction of sp³-hybridized carbons (Fsp3) is 0.500. The molecule has 0 amide bonds. The Balaban J connectivity index is 2.97. The molecule has 0 aromatic heterocycles. The quantitative estimate of drug-likeness (QED) is 0.872. The Hall–Kier alpha value is -0.580. The summed E-state index contributed by atoms with van der Waals surface area (Å²) >= 11 is 3.51. The first-order valence-corrected chi connectivity index (χ1v) is 6.25. The van der Waals surface area contributed by atoms with Crippen LogP contribution in [0.25, 0.3) is 0 Å². The maximum absolute atomic E-state index is 9.04. The highest BCUT2D eigenvalue weighted by atomic mass is 79.9. The van der Waals surface area contributed by atoms with Gasteiger partial charge in [-0.3, -0.25) is 0 Å². The van der Waals surface area contributed by atoms with Gasteiger partial charge in [0, 0.05) is 29.3 Å². The average Bonchev–Trinajstić information content (AvgIpc) is 2.25. The third-order valence-electron chi connectivity index (χ3n) is 2.55. The second-order valence-electron chi connectivity index (χ2n) is 3.99. The highest BCUT2D eigenvalue weighted by Gasteiger charge is 2.11. The van der Waals surface area contributed by atoms with E-state index in [0.29, 0.717) is 19.1 Å². The van der Waals surface area contributed by atoms with Gasteiger partial charge in [-0.05, 0) is 31.5 Å². The van der Waals surface area contributed by atoms with E-state index >= 15 is 0 Å². The predicted octanol–water partition coefficient (Wildman–Crippen LogP) is 2.11. The summed E-state index contributed by atoms with van der Waals surface area (Å²) in [7, 11) is 0. The normalized spacial score (nSPS) is 10.9. The van der Waals surface area contributed by atoms with E-state index < -0.39 is 0 Å². The van der Waals surface area contributed by atoms with Crippen molar-refractivity contribution in [1.29, 1.82) is 0 Å². The van der Waals surface area contributed by atoms with Gasteiger partial charge in [0.1, 0.15) is 0 Å². The molecule has 3 nitrogen and oxygen atoms in total. The first kappa shape index (κ1) is 13.5. The van der Waals surface area contributed by atoms with Crippen molar-refractivity contribution in [3.05, 3.63) is 28.2 Å². The lowest BCUT2D eigenvalue weighted by atomic mass is 10.1. The molecule has 0 atom stereocenters. The van der Waals surface area contributed by atoms with Crippen LogP contribution in [0.1, 0.15) is 19.4 Å². The van der Waals surface area contributed by atoms with Crippen LogP contribution in [0.5, 0.6) is 0 Å². The summed E-state index contributed by atoms with van der Waals surface area (Å²) in [6.07, 6.45) is 0. The van der Waals surface area contributed by atoms with Gasteiger partial charge in [0.2, 0.25) is 0 Å². The molecule has 0 saturated heterocycles. The third kappa shape index (κ3) is 3.20. The van der Waals surface area contributed by atoms with E-state index in [4.69, 9.17) is 10.8 Å². The van der Waals surface area contributed by atoms with Gasteiger partial charge in [-0.15, -0.1) is 0 Å². The Labute approximate surface area is 105 Å². The van der Waals surface area contributed by atoms with Crippen molar-refractivity contribution in [3.63, 3.8) is 0 Å². The molecular formula is C12H19BrN2O. The Morgan fingerprint density at radius 1 is 1.44 bits per heavy atom. The minimum absolute atomic E-state index is 0.161. The van der Waals surface area contributed by atoms with Crippen LogP contribution in [-0.4, -0.2) is 24.3 Å². The van der Waals surface area contributed by atoms with E-state index in [0.717, 1.165) is 15.7 Å². The topological polar surface area (TPSA) is 49.5 Å².